The summed E-state index contributed by atoms with van der Waals surface area (Å²) in [6.07, 6.45) is -3.64. The van der Waals surface area contributed by atoms with Gasteiger partial charge in [0.05, 0.1) is 17.5 Å². The van der Waals surface area contributed by atoms with Crippen LogP contribution in [0.1, 0.15) is 40.4 Å². The third kappa shape index (κ3) is 4.79. The number of nitrogens with one attached hydrogen (secondary N) is 2. The van der Waals surface area contributed by atoms with Gasteiger partial charge in [-0.3, -0.25) is 4.79 Å². The molecule has 2 heterocycles. The van der Waals surface area contributed by atoms with E-state index in [0.29, 0.717) is 36.5 Å². The van der Waals surface area contributed by atoms with Gasteiger partial charge in [-0.2, -0.15) is 13.2 Å². The van der Waals surface area contributed by atoms with E-state index < -0.39 is 23.8 Å². The second-order valence-corrected chi connectivity index (χ2v) is 6.25. The summed E-state index contributed by atoms with van der Waals surface area (Å²) in [5.41, 5.74) is 0.380. The van der Waals surface area contributed by atoms with Crippen LogP contribution < -0.4 is 10.6 Å². The van der Waals surface area contributed by atoms with Gasteiger partial charge in [0, 0.05) is 24.8 Å². The third-order valence-electron chi connectivity index (χ3n) is 4.22. The van der Waals surface area contributed by atoms with Gasteiger partial charge in [-0.25, -0.2) is 9.78 Å². The fourth-order valence-electron chi connectivity index (χ4n) is 2.81. The van der Waals surface area contributed by atoms with Gasteiger partial charge in [0.2, 0.25) is 5.91 Å². The molecule has 1 atom stereocenters. The van der Waals surface area contributed by atoms with Crippen LogP contribution in [0.4, 0.5) is 19.0 Å². The van der Waals surface area contributed by atoms with E-state index in [0.717, 1.165) is 12.3 Å². The zero-order chi connectivity index (χ0) is 20.1. The predicted molar refractivity (Wildman–Crippen MR) is 94.6 cm³/mol. The molecule has 1 amide bonds. The van der Waals surface area contributed by atoms with Crippen molar-refractivity contribution in [2.45, 2.75) is 25.1 Å². The topological polar surface area (TPSA) is 80.3 Å². The lowest BCUT2D eigenvalue weighted by Gasteiger charge is -2.11. The Morgan fingerprint density at radius 1 is 1.14 bits per heavy atom. The Morgan fingerprint density at radius 2 is 1.93 bits per heavy atom. The van der Waals surface area contributed by atoms with Gasteiger partial charge >= 0.3 is 12.1 Å². The number of nitrogens with zero attached hydrogens (tertiary/aromatic N) is 1. The number of benzene rings is 1. The maximum absolute atomic E-state index is 12.5. The minimum absolute atomic E-state index is 0.0383. The zero-order valence-corrected chi connectivity index (χ0v) is 14.8. The first-order chi connectivity index (χ1) is 13.3. The highest BCUT2D eigenvalue weighted by atomic mass is 19.4. The lowest BCUT2D eigenvalue weighted by atomic mass is 10.0. The van der Waals surface area contributed by atoms with Crippen LogP contribution in [0.15, 0.2) is 42.6 Å². The summed E-state index contributed by atoms with van der Waals surface area (Å²) in [7, 11) is 0. The highest BCUT2D eigenvalue weighted by Gasteiger charge is 2.32. The number of hydrogen-bond acceptors (Lipinski definition) is 5. The molecule has 6 nitrogen and oxygen atoms in total. The third-order valence-corrected chi connectivity index (χ3v) is 4.22. The highest BCUT2D eigenvalue weighted by Crippen LogP contribution is 2.32. The lowest BCUT2D eigenvalue weighted by molar-refractivity contribution is -0.137. The molecule has 28 heavy (non-hydrogen) atoms. The molecule has 3 rings (SSSR count). The molecule has 0 bridgehead atoms. The molecule has 0 fully saturated rings. The molecule has 1 aromatic heterocycles. The SMILES string of the molecule is O=C(C[C@@H]1OC(=O)c2ccccc21)NCCCNc1ccc(C(F)(F)F)cn1. The smallest absolute Gasteiger partial charge is 0.417 e. The van der Waals surface area contributed by atoms with Crippen molar-refractivity contribution in [2.75, 3.05) is 18.4 Å². The molecule has 1 aliphatic heterocycles. The summed E-state index contributed by atoms with van der Waals surface area (Å²) in [6, 6.07) is 9.16. The van der Waals surface area contributed by atoms with Gasteiger partial charge in [0.15, 0.2) is 0 Å². The average molecular weight is 393 g/mol. The molecule has 148 valence electrons. The maximum atomic E-state index is 12.5. The fourth-order valence-corrected chi connectivity index (χ4v) is 2.81. The molecule has 9 heteroatoms. The number of aromatic nitrogens is 1. The van der Waals surface area contributed by atoms with Crippen molar-refractivity contribution in [3.05, 3.63) is 59.3 Å². The largest absolute Gasteiger partial charge is 0.453 e. The van der Waals surface area contributed by atoms with E-state index in [1.807, 2.05) is 0 Å². The first-order valence-electron chi connectivity index (χ1n) is 8.68. The first kappa shape index (κ1) is 19.7. The van der Waals surface area contributed by atoms with Crippen molar-refractivity contribution in [1.29, 1.82) is 0 Å². The van der Waals surface area contributed by atoms with Crippen molar-refractivity contribution in [2.24, 2.45) is 0 Å². The minimum atomic E-state index is -4.41. The molecule has 2 N–H and O–H groups in total. The van der Waals surface area contributed by atoms with E-state index in [-0.39, 0.29) is 12.3 Å². The Kier molecular flexibility index (Phi) is 5.81. The molecule has 2 aromatic rings. The van der Waals surface area contributed by atoms with Crippen molar-refractivity contribution in [3.63, 3.8) is 0 Å². The zero-order valence-electron chi connectivity index (χ0n) is 14.8. The van der Waals surface area contributed by atoms with Crippen LogP contribution in [0, 0.1) is 0 Å². The number of ether oxygens (including phenoxy) is 1. The number of carbonyl (C=O) groups excluding carboxylic acids is 2. The summed E-state index contributed by atoms with van der Waals surface area (Å²) in [5, 5.41) is 5.62. The minimum Gasteiger partial charge on any atom is -0.453 e. The van der Waals surface area contributed by atoms with Gasteiger partial charge in [-0.15, -0.1) is 0 Å². The number of pyridine rings is 1. The monoisotopic (exact) mass is 393 g/mol. The molecule has 0 unspecified atom stereocenters. The second kappa shape index (κ2) is 8.28. The number of anilines is 1. The quantitative estimate of drug-likeness (QED) is 0.557. The molecule has 0 saturated carbocycles. The lowest BCUT2D eigenvalue weighted by Crippen LogP contribution is -2.27. The fraction of sp³-hybridized carbons (Fsp3) is 0.316. The summed E-state index contributed by atoms with van der Waals surface area (Å²) >= 11 is 0. The number of alkyl halides is 3. The van der Waals surface area contributed by atoms with Gasteiger partial charge in [-0.05, 0) is 24.6 Å². The Balaban J connectivity index is 1.37. The molecule has 0 aliphatic carbocycles. The number of carbonyl (C=O) groups is 2. The average Bonchev–Trinajstić information content (AvgIpc) is 2.97. The number of fused-ring (bicyclic) bond motifs is 1. The van der Waals surface area contributed by atoms with Gasteiger partial charge in [0.25, 0.3) is 0 Å². The Morgan fingerprint density at radius 3 is 2.64 bits per heavy atom. The summed E-state index contributed by atoms with van der Waals surface area (Å²) in [4.78, 5) is 27.5. The molecular formula is C19H18F3N3O3. The van der Waals surface area contributed by atoms with Gasteiger partial charge in [0.1, 0.15) is 11.9 Å². The number of halogens is 3. The van der Waals surface area contributed by atoms with Crippen LogP contribution in [-0.4, -0.2) is 29.9 Å². The van der Waals surface area contributed by atoms with E-state index in [2.05, 4.69) is 15.6 Å². The Bertz CT molecular complexity index is 853. The van der Waals surface area contributed by atoms with Crippen molar-refractivity contribution in [1.82, 2.24) is 10.3 Å². The highest BCUT2D eigenvalue weighted by molar-refractivity contribution is 5.94. The maximum Gasteiger partial charge on any atom is 0.417 e. The predicted octanol–water partition coefficient (Wildman–Crippen LogP) is 3.32. The number of amides is 1. The molecule has 1 aromatic carbocycles. The number of hydrogen-bond donors (Lipinski definition) is 2. The molecule has 0 radical (unpaired) electrons. The number of esters is 1. The van der Waals surface area contributed by atoms with Crippen LogP contribution in [0.25, 0.3) is 0 Å². The molecule has 0 saturated heterocycles. The summed E-state index contributed by atoms with van der Waals surface area (Å²) in [6.45, 7) is 0.800. The Hall–Kier alpha value is -3.10. The van der Waals surface area contributed by atoms with Crippen LogP contribution in [0.5, 0.6) is 0 Å². The van der Waals surface area contributed by atoms with Crippen LogP contribution in [0.3, 0.4) is 0 Å². The van der Waals surface area contributed by atoms with Crippen molar-refractivity contribution < 1.29 is 27.5 Å². The molecular weight excluding hydrogens is 375 g/mol. The van der Waals surface area contributed by atoms with E-state index in [1.165, 1.54) is 6.07 Å². The van der Waals surface area contributed by atoms with E-state index in [4.69, 9.17) is 4.74 Å². The standard InChI is InChI=1S/C19H18F3N3O3/c20-19(21,22)12-6-7-16(25-11-12)23-8-3-9-24-17(26)10-15-13-4-1-2-5-14(13)18(27)28-15/h1-2,4-7,11,15H,3,8-10H2,(H,23,25)(H,24,26)/t15-/m0/s1. The molecule has 0 spiro atoms. The second-order valence-electron chi connectivity index (χ2n) is 6.25. The summed E-state index contributed by atoms with van der Waals surface area (Å²) < 4.78 is 42.6. The molecule has 1 aliphatic rings. The normalized spacial score (nSPS) is 15.7. The Labute approximate surface area is 159 Å². The van der Waals surface area contributed by atoms with E-state index in [9.17, 15) is 22.8 Å². The van der Waals surface area contributed by atoms with E-state index in [1.54, 1.807) is 24.3 Å². The van der Waals surface area contributed by atoms with Crippen molar-refractivity contribution in [3.8, 4) is 0 Å². The van der Waals surface area contributed by atoms with Gasteiger partial charge < -0.3 is 15.4 Å². The summed E-state index contributed by atoms with van der Waals surface area (Å²) in [5.74, 6) is -0.349. The van der Waals surface area contributed by atoms with E-state index >= 15 is 0 Å². The van der Waals surface area contributed by atoms with Gasteiger partial charge in [-0.1, -0.05) is 18.2 Å². The van der Waals surface area contributed by atoms with Crippen LogP contribution in [-0.2, 0) is 15.7 Å². The first-order valence-corrected chi connectivity index (χ1v) is 8.68. The number of cyclic esters (lactones) is 1. The van der Waals surface area contributed by atoms with Crippen molar-refractivity contribution >= 4 is 17.7 Å². The number of rotatable bonds is 7. The van der Waals surface area contributed by atoms with Crippen LogP contribution in [0.2, 0.25) is 0 Å². The van der Waals surface area contributed by atoms with Crippen LogP contribution >= 0.6 is 0 Å².